The summed E-state index contributed by atoms with van der Waals surface area (Å²) in [6.07, 6.45) is 13.5. The number of hydrogen-bond donors (Lipinski definition) is 1. The standard InChI is InChI=1S/C13H25NO2/c15-12-10-8-6-4-2-1-3-5-7-9-11-14-13-16/h12-13H,1-11H2,(H,14,16). The van der Waals surface area contributed by atoms with Crippen molar-refractivity contribution in [2.24, 2.45) is 0 Å². The topological polar surface area (TPSA) is 46.2 Å². The van der Waals surface area contributed by atoms with E-state index in [4.69, 9.17) is 0 Å². The predicted molar refractivity (Wildman–Crippen MR) is 66.3 cm³/mol. The lowest BCUT2D eigenvalue weighted by molar-refractivity contribution is -0.109. The smallest absolute Gasteiger partial charge is 0.207 e. The first-order valence-corrected chi connectivity index (χ1v) is 6.52. The Balaban J connectivity index is 2.87. The second-order valence-corrected chi connectivity index (χ2v) is 4.21. The van der Waals surface area contributed by atoms with Gasteiger partial charge in [-0.1, -0.05) is 44.9 Å². The lowest BCUT2D eigenvalue weighted by Crippen LogP contribution is -2.11. The maximum Gasteiger partial charge on any atom is 0.207 e. The zero-order valence-corrected chi connectivity index (χ0v) is 10.2. The number of rotatable bonds is 13. The highest BCUT2D eigenvalue weighted by atomic mass is 16.1. The number of aldehydes is 1. The molecule has 0 aromatic heterocycles. The number of hydrogen-bond acceptors (Lipinski definition) is 2. The van der Waals surface area contributed by atoms with E-state index in [1.807, 2.05) is 0 Å². The van der Waals surface area contributed by atoms with Crippen LogP contribution in [0.15, 0.2) is 0 Å². The molecule has 0 rings (SSSR count). The van der Waals surface area contributed by atoms with E-state index in [1.165, 1.54) is 44.9 Å². The molecule has 0 aromatic carbocycles. The number of unbranched alkanes of at least 4 members (excludes halogenated alkanes) is 9. The van der Waals surface area contributed by atoms with Crippen LogP contribution >= 0.6 is 0 Å². The summed E-state index contributed by atoms with van der Waals surface area (Å²) in [6.45, 7) is 0.815. The molecule has 0 aliphatic heterocycles. The fraction of sp³-hybridized carbons (Fsp3) is 0.846. The third kappa shape index (κ3) is 13.1. The molecule has 0 unspecified atom stereocenters. The van der Waals surface area contributed by atoms with Crippen molar-refractivity contribution in [1.29, 1.82) is 0 Å². The van der Waals surface area contributed by atoms with E-state index in [0.29, 0.717) is 0 Å². The van der Waals surface area contributed by atoms with Gasteiger partial charge in [-0.15, -0.1) is 0 Å². The first-order chi connectivity index (χ1) is 7.91. The molecule has 0 aliphatic carbocycles. The summed E-state index contributed by atoms with van der Waals surface area (Å²) in [5.74, 6) is 0. The molecule has 0 aliphatic rings. The summed E-state index contributed by atoms with van der Waals surface area (Å²) in [4.78, 5) is 20.0. The predicted octanol–water partition coefficient (Wildman–Crippen LogP) is 2.83. The Kier molecular flexibility index (Phi) is 13.4. The van der Waals surface area contributed by atoms with Crippen molar-refractivity contribution in [1.82, 2.24) is 5.32 Å². The minimum atomic E-state index is 0.726. The zero-order valence-electron chi connectivity index (χ0n) is 10.2. The molecule has 0 heterocycles. The van der Waals surface area contributed by atoms with Gasteiger partial charge in [0, 0.05) is 13.0 Å². The van der Waals surface area contributed by atoms with Crippen LogP contribution in [0.25, 0.3) is 0 Å². The van der Waals surface area contributed by atoms with E-state index in [1.54, 1.807) is 0 Å². The normalized spacial score (nSPS) is 10.0. The van der Waals surface area contributed by atoms with Gasteiger partial charge in [-0.2, -0.15) is 0 Å². The summed E-state index contributed by atoms with van der Waals surface area (Å²) in [6, 6.07) is 0. The van der Waals surface area contributed by atoms with Gasteiger partial charge in [-0.3, -0.25) is 4.79 Å². The van der Waals surface area contributed by atoms with Crippen LogP contribution in [0, 0.1) is 0 Å². The lowest BCUT2D eigenvalue weighted by Gasteiger charge is -2.01. The Labute approximate surface area is 99.0 Å². The molecule has 3 nitrogen and oxygen atoms in total. The number of carbonyl (C=O) groups is 2. The second kappa shape index (κ2) is 14.1. The van der Waals surface area contributed by atoms with Crippen LogP contribution in [0.5, 0.6) is 0 Å². The van der Waals surface area contributed by atoms with Crippen molar-refractivity contribution >= 4 is 12.7 Å². The van der Waals surface area contributed by atoms with Crippen LogP contribution in [-0.4, -0.2) is 19.2 Å². The molecule has 0 radical (unpaired) electrons. The van der Waals surface area contributed by atoms with Crippen LogP contribution in [-0.2, 0) is 9.59 Å². The Morgan fingerprint density at radius 1 is 0.688 bits per heavy atom. The number of nitrogens with one attached hydrogen (secondary N) is 1. The first kappa shape index (κ1) is 15.1. The van der Waals surface area contributed by atoms with E-state index in [0.717, 1.165) is 38.5 Å². The highest BCUT2D eigenvalue weighted by molar-refractivity contribution is 5.48. The molecule has 94 valence electrons. The van der Waals surface area contributed by atoms with E-state index < -0.39 is 0 Å². The highest BCUT2D eigenvalue weighted by Gasteiger charge is 1.92. The molecule has 0 saturated heterocycles. The molecule has 0 bridgehead atoms. The van der Waals surface area contributed by atoms with Gasteiger partial charge in [0.2, 0.25) is 6.41 Å². The molecule has 0 saturated carbocycles. The Hall–Kier alpha value is -0.860. The minimum Gasteiger partial charge on any atom is -0.359 e. The van der Waals surface area contributed by atoms with Crippen LogP contribution in [0.3, 0.4) is 0 Å². The van der Waals surface area contributed by atoms with E-state index in [9.17, 15) is 9.59 Å². The van der Waals surface area contributed by atoms with Gasteiger partial charge >= 0.3 is 0 Å². The fourth-order valence-electron chi connectivity index (χ4n) is 1.75. The largest absolute Gasteiger partial charge is 0.359 e. The fourth-order valence-corrected chi connectivity index (χ4v) is 1.75. The van der Waals surface area contributed by atoms with Crippen LogP contribution in [0.2, 0.25) is 0 Å². The van der Waals surface area contributed by atoms with E-state index in [2.05, 4.69) is 5.32 Å². The summed E-state index contributed by atoms with van der Waals surface area (Å²) < 4.78 is 0. The molecular formula is C13H25NO2. The molecular weight excluding hydrogens is 202 g/mol. The molecule has 0 spiro atoms. The molecule has 1 amide bonds. The monoisotopic (exact) mass is 227 g/mol. The minimum absolute atomic E-state index is 0.726. The van der Waals surface area contributed by atoms with Crippen LogP contribution in [0.1, 0.15) is 64.2 Å². The van der Waals surface area contributed by atoms with Crippen molar-refractivity contribution in [2.75, 3.05) is 6.54 Å². The van der Waals surface area contributed by atoms with Crippen LogP contribution in [0.4, 0.5) is 0 Å². The van der Waals surface area contributed by atoms with Crippen molar-refractivity contribution < 1.29 is 9.59 Å². The van der Waals surface area contributed by atoms with E-state index >= 15 is 0 Å². The lowest BCUT2D eigenvalue weighted by atomic mass is 10.1. The Morgan fingerprint density at radius 2 is 1.19 bits per heavy atom. The maximum absolute atomic E-state index is 10.1. The van der Waals surface area contributed by atoms with Crippen LogP contribution < -0.4 is 5.32 Å². The number of amides is 1. The van der Waals surface area contributed by atoms with Gasteiger partial charge in [-0.25, -0.2) is 0 Å². The Morgan fingerprint density at radius 3 is 1.69 bits per heavy atom. The van der Waals surface area contributed by atoms with E-state index in [-0.39, 0.29) is 0 Å². The molecule has 0 atom stereocenters. The third-order valence-corrected chi connectivity index (χ3v) is 2.73. The molecule has 3 heteroatoms. The van der Waals surface area contributed by atoms with Crippen molar-refractivity contribution in [2.45, 2.75) is 64.2 Å². The summed E-state index contributed by atoms with van der Waals surface area (Å²) in [5, 5.41) is 2.67. The Bertz CT molecular complexity index is 142. The van der Waals surface area contributed by atoms with Crippen molar-refractivity contribution in [3.05, 3.63) is 0 Å². The van der Waals surface area contributed by atoms with Crippen molar-refractivity contribution in [3.63, 3.8) is 0 Å². The molecule has 0 aromatic rings. The van der Waals surface area contributed by atoms with Gasteiger partial charge in [0.05, 0.1) is 0 Å². The van der Waals surface area contributed by atoms with Gasteiger partial charge in [0.1, 0.15) is 6.29 Å². The van der Waals surface area contributed by atoms with Crippen molar-refractivity contribution in [3.8, 4) is 0 Å². The average molecular weight is 227 g/mol. The quantitative estimate of drug-likeness (QED) is 0.388. The van der Waals surface area contributed by atoms with Gasteiger partial charge in [0.25, 0.3) is 0 Å². The number of carbonyl (C=O) groups excluding carboxylic acids is 2. The summed E-state index contributed by atoms with van der Waals surface area (Å²) in [5.41, 5.74) is 0. The molecule has 16 heavy (non-hydrogen) atoms. The third-order valence-electron chi connectivity index (χ3n) is 2.73. The van der Waals surface area contributed by atoms with Gasteiger partial charge in [0.15, 0.2) is 0 Å². The first-order valence-electron chi connectivity index (χ1n) is 6.52. The molecule has 1 N–H and O–H groups in total. The summed E-state index contributed by atoms with van der Waals surface area (Å²) >= 11 is 0. The maximum atomic E-state index is 10.1. The zero-order chi connectivity index (χ0) is 11.9. The molecule has 0 fully saturated rings. The average Bonchev–Trinajstić information content (AvgIpc) is 2.31. The second-order valence-electron chi connectivity index (χ2n) is 4.21. The van der Waals surface area contributed by atoms with Gasteiger partial charge in [-0.05, 0) is 12.8 Å². The summed E-state index contributed by atoms with van der Waals surface area (Å²) in [7, 11) is 0. The highest BCUT2D eigenvalue weighted by Crippen LogP contribution is 2.09. The van der Waals surface area contributed by atoms with Gasteiger partial charge < -0.3 is 10.1 Å². The SMILES string of the molecule is O=CCCCCCCCCCCCNC=O.